The summed E-state index contributed by atoms with van der Waals surface area (Å²) in [6, 6.07) is 11.0. The summed E-state index contributed by atoms with van der Waals surface area (Å²) >= 11 is 2.19. The van der Waals surface area contributed by atoms with Gasteiger partial charge in [0.1, 0.15) is 0 Å². The summed E-state index contributed by atoms with van der Waals surface area (Å²) in [5.41, 5.74) is 6.33. The summed E-state index contributed by atoms with van der Waals surface area (Å²) < 4.78 is 0. The molecule has 0 aliphatic heterocycles. The van der Waals surface area contributed by atoms with Crippen molar-refractivity contribution in [2.45, 2.75) is 137 Å². The maximum atomic E-state index is 10.9. The highest BCUT2D eigenvalue weighted by molar-refractivity contribution is 7.99. The Hall–Kier alpha value is -0.730. The first kappa shape index (κ1) is 29.8. The van der Waals surface area contributed by atoms with E-state index in [1.165, 1.54) is 63.4 Å². The summed E-state index contributed by atoms with van der Waals surface area (Å²) in [5, 5.41) is 11.7. The van der Waals surface area contributed by atoms with Gasteiger partial charge in [-0.2, -0.15) is 11.8 Å². The van der Waals surface area contributed by atoms with Crippen LogP contribution in [0.1, 0.15) is 125 Å². The van der Waals surface area contributed by atoms with Gasteiger partial charge >= 0.3 is 0 Å². The lowest BCUT2D eigenvalue weighted by Crippen LogP contribution is -2.55. The maximum Gasteiger partial charge on any atom is 0.0594 e. The van der Waals surface area contributed by atoms with E-state index < -0.39 is 0 Å². The van der Waals surface area contributed by atoms with Crippen molar-refractivity contribution in [3.05, 3.63) is 47.0 Å². The molecule has 5 rings (SSSR count). The van der Waals surface area contributed by atoms with Gasteiger partial charge in [0.15, 0.2) is 0 Å². The zero-order chi connectivity index (χ0) is 28.2. The lowest BCUT2D eigenvalue weighted by atomic mass is 9.43. The van der Waals surface area contributed by atoms with E-state index in [0.29, 0.717) is 22.2 Å². The smallest absolute Gasteiger partial charge is 0.0594 e. The minimum Gasteiger partial charge on any atom is -0.393 e. The summed E-state index contributed by atoms with van der Waals surface area (Å²) in [4.78, 5) is 0. The van der Waals surface area contributed by atoms with Gasteiger partial charge in [0.05, 0.1) is 6.10 Å². The average molecular weight is 551 g/mol. The van der Waals surface area contributed by atoms with Crippen LogP contribution in [0.25, 0.3) is 0 Å². The summed E-state index contributed by atoms with van der Waals surface area (Å²) in [6.45, 7) is 20.2. The van der Waals surface area contributed by atoms with Crippen molar-refractivity contribution in [1.29, 1.82) is 0 Å². The van der Waals surface area contributed by atoms with E-state index in [-0.39, 0.29) is 11.5 Å². The van der Waals surface area contributed by atoms with Gasteiger partial charge in [-0.15, -0.1) is 0 Å². The van der Waals surface area contributed by atoms with E-state index in [1.54, 1.807) is 0 Å². The number of benzene rings is 1. The Labute approximate surface area is 245 Å². The molecule has 0 radical (unpaired) electrons. The van der Waals surface area contributed by atoms with Gasteiger partial charge in [-0.1, -0.05) is 96.9 Å². The molecule has 4 aliphatic rings. The number of allylic oxidation sites excluding steroid dienone is 2. The fourth-order valence-corrected chi connectivity index (χ4v) is 11.9. The van der Waals surface area contributed by atoms with Gasteiger partial charge in [-0.05, 0) is 115 Å². The molecule has 39 heavy (non-hydrogen) atoms. The number of aliphatic hydroxyl groups is 1. The molecule has 8 atom stereocenters. The fourth-order valence-electron chi connectivity index (χ4n) is 10.6. The number of hydrogen-bond donors (Lipinski definition) is 1. The average Bonchev–Trinajstić information content (AvgIpc) is 3.18. The van der Waals surface area contributed by atoms with Crippen LogP contribution in [0.4, 0.5) is 0 Å². The van der Waals surface area contributed by atoms with E-state index in [4.69, 9.17) is 0 Å². The molecule has 2 fully saturated rings. The highest BCUT2D eigenvalue weighted by Crippen LogP contribution is 2.72. The molecule has 2 heteroatoms. The summed E-state index contributed by atoms with van der Waals surface area (Å²) in [7, 11) is 0. The Morgan fingerprint density at radius 3 is 2.26 bits per heavy atom. The molecular formula is C37H58OS. The van der Waals surface area contributed by atoms with E-state index in [1.807, 2.05) is 11.1 Å². The lowest BCUT2D eigenvalue weighted by Gasteiger charge is -2.62. The van der Waals surface area contributed by atoms with Crippen molar-refractivity contribution in [3.8, 4) is 0 Å². The molecule has 1 nitrogen and oxygen atoms in total. The normalized spacial score (nSPS) is 39.2. The van der Waals surface area contributed by atoms with E-state index in [2.05, 4.69) is 97.5 Å². The molecule has 0 saturated heterocycles. The topological polar surface area (TPSA) is 20.2 Å². The zero-order valence-corrected chi connectivity index (χ0v) is 27.3. The predicted octanol–water partition coefficient (Wildman–Crippen LogP) is 10.5. The molecule has 1 aromatic rings. The van der Waals surface area contributed by atoms with Gasteiger partial charge in [0, 0.05) is 11.0 Å². The molecule has 2 saturated carbocycles. The van der Waals surface area contributed by atoms with Gasteiger partial charge in [-0.3, -0.25) is 0 Å². The Kier molecular flexibility index (Phi) is 8.27. The van der Waals surface area contributed by atoms with E-state index in [9.17, 15) is 5.11 Å². The minimum atomic E-state index is -0.139. The highest BCUT2D eigenvalue weighted by atomic mass is 32.2. The number of fused-ring (bicyclic) bond motifs is 4. The standard InChI is InChI=1S/C37H58OS/c1-25(2)31(39-24-27-12-10-9-11-13-27)16-14-26(3)28-18-22-37(8)30-15-17-32-34(4,5)33(38)20-21-35(32,6)29(30)19-23-36(28,37)7/h9-13,25-26,28,31-33,38H,14-24H2,1-8H3/t26-,28-,31?,32+,33+,35-,36-,37+/m1/s1. The molecule has 0 amide bonds. The molecule has 0 heterocycles. The molecule has 218 valence electrons. The number of thioether (sulfide) groups is 1. The minimum absolute atomic E-state index is 0.0331. The van der Waals surface area contributed by atoms with Crippen molar-refractivity contribution in [2.24, 2.45) is 45.3 Å². The molecule has 4 aliphatic carbocycles. The van der Waals surface area contributed by atoms with Crippen LogP contribution in [0.3, 0.4) is 0 Å². The van der Waals surface area contributed by atoms with Crippen LogP contribution in [-0.4, -0.2) is 16.5 Å². The molecule has 0 spiro atoms. The molecular weight excluding hydrogens is 492 g/mol. The Bertz CT molecular complexity index is 1040. The largest absolute Gasteiger partial charge is 0.393 e. The van der Waals surface area contributed by atoms with Crippen LogP contribution >= 0.6 is 11.8 Å². The Morgan fingerprint density at radius 1 is 0.846 bits per heavy atom. The third kappa shape index (κ3) is 4.90. The predicted molar refractivity (Wildman–Crippen MR) is 170 cm³/mol. The van der Waals surface area contributed by atoms with Crippen molar-refractivity contribution < 1.29 is 5.11 Å². The van der Waals surface area contributed by atoms with Crippen LogP contribution in [0.2, 0.25) is 0 Å². The van der Waals surface area contributed by atoms with Crippen LogP contribution in [0.5, 0.6) is 0 Å². The Balaban J connectivity index is 1.30. The van der Waals surface area contributed by atoms with Crippen molar-refractivity contribution in [1.82, 2.24) is 0 Å². The molecule has 1 unspecified atom stereocenters. The highest BCUT2D eigenvalue weighted by Gasteiger charge is 2.63. The number of hydrogen-bond acceptors (Lipinski definition) is 2. The van der Waals surface area contributed by atoms with Gasteiger partial charge in [-0.25, -0.2) is 0 Å². The second kappa shape index (κ2) is 10.8. The summed E-state index contributed by atoms with van der Waals surface area (Å²) in [6.07, 6.45) is 12.8. The number of aliphatic hydroxyl groups excluding tert-OH is 1. The fraction of sp³-hybridized carbons (Fsp3) is 0.784. The SMILES string of the molecule is CC(C)C(CC[C@@H](C)[C@H]1CC[C@@]2(C)C3=C(CC[C@]12C)[C@@]1(C)CC[C@H](O)C(C)(C)[C@@H]1CC3)SCc1ccccc1. The first-order chi connectivity index (χ1) is 18.3. The van der Waals surface area contributed by atoms with Crippen molar-refractivity contribution >= 4 is 11.8 Å². The van der Waals surface area contributed by atoms with Crippen molar-refractivity contribution in [3.63, 3.8) is 0 Å². The second-order valence-electron chi connectivity index (χ2n) is 15.9. The first-order valence-corrected chi connectivity index (χ1v) is 17.5. The van der Waals surface area contributed by atoms with Gasteiger partial charge in [0.25, 0.3) is 0 Å². The lowest BCUT2D eigenvalue weighted by molar-refractivity contribution is -0.0962. The monoisotopic (exact) mass is 550 g/mol. The first-order valence-electron chi connectivity index (χ1n) is 16.4. The number of rotatable bonds is 8. The quantitative estimate of drug-likeness (QED) is 0.325. The maximum absolute atomic E-state index is 10.9. The van der Waals surface area contributed by atoms with Gasteiger partial charge < -0.3 is 5.11 Å². The van der Waals surface area contributed by atoms with Crippen LogP contribution in [0, 0.1) is 45.3 Å². The van der Waals surface area contributed by atoms with E-state index in [0.717, 1.165) is 35.2 Å². The third-order valence-corrected chi connectivity index (χ3v) is 15.1. The van der Waals surface area contributed by atoms with Gasteiger partial charge in [0.2, 0.25) is 0 Å². The van der Waals surface area contributed by atoms with Crippen LogP contribution in [0.15, 0.2) is 41.5 Å². The van der Waals surface area contributed by atoms with E-state index >= 15 is 0 Å². The summed E-state index contributed by atoms with van der Waals surface area (Å²) in [5.74, 6) is 4.14. The molecule has 1 aromatic carbocycles. The van der Waals surface area contributed by atoms with Crippen molar-refractivity contribution in [2.75, 3.05) is 0 Å². The second-order valence-corrected chi connectivity index (χ2v) is 17.1. The molecule has 0 bridgehead atoms. The molecule has 1 N–H and O–H groups in total. The van der Waals surface area contributed by atoms with Crippen LogP contribution in [-0.2, 0) is 5.75 Å². The zero-order valence-electron chi connectivity index (χ0n) is 26.5. The third-order valence-electron chi connectivity index (χ3n) is 13.4. The Morgan fingerprint density at radius 2 is 1.56 bits per heavy atom. The molecule has 0 aromatic heterocycles. The van der Waals surface area contributed by atoms with Crippen LogP contribution < -0.4 is 0 Å².